The Morgan fingerprint density at radius 2 is 2.00 bits per heavy atom. The Hall–Kier alpha value is -0.290. The molecule has 0 amide bonds. The number of hydrogen-bond donors (Lipinski definition) is 2. The zero-order valence-corrected chi connectivity index (χ0v) is 9.58. The molecule has 1 unspecified atom stereocenters. The molecule has 0 aromatic heterocycles. The Bertz CT molecular complexity index is 177. The van der Waals surface area contributed by atoms with Crippen molar-refractivity contribution in [3.05, 3.63) is 0 Å². The van der Waals surface area contributed by atoms with Crippen LogP contribution in [-0.4, -0.2) is 31.9 Å². The summed E-state index contributed by atoms with van der Waals surface area (Å²) in [5.74, 6) is 0. The Kier molecular flexibility index (Phi) is 6.13. The fourth-order valence-electron chi connectivity index (χ4n) is 1.98. The van der Waals surface area contributed by atoms with Crippen molar-refractivity contribution in [2.75, 3.05) is 19.6 Å². The molecule has 5 heteroatoms. The molecule has 96 valence electrons. The van der Waals surface area contributed by atoms with Gasteiger partial charge in [-0.1, -0.05) is 0 Å². The first-order valence-corrected chi connectivity index (χ1v) is 6.09. The third-order valence-electron chi connectivity index (χ3n) is 2.90. The number of rotatable bonds is 7. The molecule has 1 atom stereocenters. The maximum absolute atomic E-state index is 11.8. The average Bonchev–Trinajstić information content (AvgIpc) is 2.67. The van der Waals surface area contributed by atoms with Crippen LogP contribution in [0.5, 0.6) is 0 Å². The molecule has 1 aliphatic rings. The maximum Gasteiger partial charge on any atom is 0.389 e. The summed E-state index contributed by atoms with van der Waals surface area (Å²) in [7, 11) is 0. The molecule has 0 radical (unpaired) electrons. The zero-order valence-electron chi connectivity index (χ0n) is 9.58. The highest BCUT2D eigenvalue weighted by molar-refractivity contribution is 4.74. The Morgan fingerprint density at radius 3 is 2.62 bits per heavy atom. The van der Waals surface area contributed by atoms with E-state index >= 15 is 0 Å². The van der Waals surface area contributed by atoms with Crippen LogP contribution in [0, 0.1) is 0 Å². The highest BCUT2D eigenvalue weighted by atomic mass is 19.4. The first kappa shape index (κ1) is 13.8. The number of unbranched alkanes of at least 4 members (excludes halogenated alkanes) is 1. The van der Waals surface area contributed by atoms with Gasteiger partial charge in [0.25, 0.3) is 0 Å². The Labute approximate surface area is 95.0 Å². The van der Waals surface area contributed by atoms with Crippen molar-refractivity contribution in [1.82, 2.24) is 10.6 Å². The molecule has 0 spiro atoms. The summed E-state index contributed by atoms with van der Waals surface area (Å²) < 4.78 is 35.4. The van der Waals surface area contributed by atoms with Crippen molar-refractivity contribution in [3.63, 3.8) is 0 Å². The second kappa shape index (κ2) is 7.12. The van der Waals surface area contributed by atoms with Gasteiger partial charge in [0.1, 0.15) is 0 Å². The summed E-state index contributed by atoms with van der Waals surface area (Å²) in [6.07, 6.45) is -0.242. The summed E-state index contributed by atoms with van der Waals surface area (Å²) in [5, 5.41) is 6.58. The quantitative estimate of drug-likeness (QED) is 0.666. The third-order valence-corrected chi connectivity index (χ3v) is 2.90. The van der Waals surface area contributed by atoms with Crippen molar-refractivity contribution in [3.8, 4) is 0 Å². The topological polar surface area (TPSA) is 24.1 Å². The van der Waals surface area contributed by atoms with Crippen LogP contribution in [0.2, 0.25) is 0 Å². The minimum Gasteiger partial charge on any atom is -0.317 e. The summed E-state index contributed by atoms with van der Waals surface area (Å²) in [5.41, 5.74) is 0. The molecule has 1 fully saturated rings. The minimum atomic E-state index is -3.99. The Morgan fingerprint density at radius 1 is 1.19 bits per heavy atom. The van der Waals surface area contributed by atoms with E-state index < -0.39 is 12.6 Å². The molecule has 2 N–H and O–H groups in total. The predicted molar refractivity (Wildman–Crippen MR) is 58.4 cm³/mol. The summed E-state index contributed by atoms with van der Waals surface area (Å²) in [6.45, 7) is 2.71. The van der Waals surface area contributed by atoms with Gasteiger partial charge in [0, 0.05) is 12.5 Å². The van der Waals surface area contributed by atoms with Crippen molar-refractivity contribution < 1.29 is 13.2 Å². The third kappa shape index (κ3) is 7.06. The van der Waals surface area contributed by atoms with Crippen molar-refractivity contribution >= 4 is 0 Å². The molecule has 0 bridgehead atoms. The standard InChI is InChI=1S/C11H21F3N2/c12-11(13,14)6-1-2-7-15-9-5-10-4-3-8-16-10/h10,15-16H,1-9H2. The van der Waals surface area contributed by atoms with E-state index in [9.17, 15) is 13.2 Å². The van der Waals surface area contributed by atoms with Crippen molar-refractivity contribution in [2.45, 2.75) is 50.7 Å². The predicted octanol–water partition coefficient (Wildman–Crippen LogP) is 2.45. The molecule has 1 rings (SSSR count). The highest BCUT2D eigenvalue weighted by Gasteiger charge is 2.25. The van der Waals surface area contributed by atoms with Gasteiger partial charge in [0.15, 0.2) is 0 Å². The number of alkyl halides is 3. The smallest absolute Gasteiger partial charge is 0.317 e. The fraction of sp³-hybridized carbons (Fsp3) is 1.00. The molecule has 1 heterocycles. The molecule has 1 saturated heterocycles. The van der Waals surface area contributed by atoms with Crippen LogP contribution < -0.4 is 10.6 Å². The molecule has 16 heavy (non-hydrogen) atoms. The van der Waals surface area contributed by atoms with E-state index in [-0.39, 0.29) is 6.42 Å². The highest BCUT2D eigenvalue weighted by Crippen LogP contribution is 2.21. The summed E-state index contributed by atoms with van der Waals surface area (Å²) in [4.78, 5) is 0. The monoisotopic (exact) mass is 238 g/mol. The van der Waals surface area contributed by atoms with Gasteiger partial charge in [-0.15, -0.1) is 0 Å². The van der Waals surface area contributed by atoms with Crippen LogP contribution in [0.25, 0.3) is 0 Å². The van der Waals surface area contributed by atoms with E-state index in [1.165, 1.54) is 12.8 Å². The van der Waals surface area contributed by atoms with Crippen LogP contribution in [-0.2, 0) is 0 Å². The average molecular weight is 238 g/mol. The van der Waals surface area contributed by atoms with Gasteiger partial charge >= 0.3 is 6.18 Å². The van der Waals surface area contributed by atoms with Crippen LogP contribution in [0.3, 0.4) is 0 Å². The van der Waals surface area contributed by atoms with Gasteiger partial charge in [-0.3, -0.25) is 0 Å². The molecular formula is C11H21F3N2. The lowest BCUT2D eigenvalue weighted by Gasteiger charge is -2.10. The first-order chi connectivity index (χ1) is 7.58. The molecule has 1 aliphatic heterocycles. The van der Waals surface area contributed by atoms with Crippen LogP contribution in [0.4, 0.5) is 13.2 Å². The lowest BCUT2D eigenvalue weighted by molar-refractivity contribution is -0.135. The number of hydrogen-bond acceptors (Lipinski definition) is 2. The van der Waals surface area contributed by atoms with Gasteiger partial charge < -0.3 is 10.6 Å². The summed E-state index contributed by atoms with van der Waals surface area (Å²) >= 11 is 0. The SMILES string of the molecule is FC(F)(F)CCCCNCCC1CCCN1. The molecule has 0 aromatic rings. The van der Waals surface area contributed by atoms with E-state index in [2.05, 4.69) is 10.6 Å². The largest absolute Gasteiger partial charge is 0.389 e. The summed E-state index contributed by atoms with van der Waals surface area (Å²) in [6, 6.07) is 0.614. The zero-order chi connectivity index (χ0) is 11.9. The Balaban J connectivity index is 1.81. The van der Waals surface area contributed by atoms with E-state index in [0.717, 1.165) is 19.5 Å². The second-order valence-corrected chi connectivity index (χ2v) is 4.40. The van der Waals surface area contributed by atoms with Gasteiger partial charge in [0.2, 0.25) is 0 Å². The van der Waals surface area contributed by atoms with Gasteiger partial charge in [-0.2, -0.15) is 13.2 Å². The molecule has 0 aliphatic carbocycles. The van der Waals surface area contributed by atoms with Crippen LogP contribution in [0.15, 0.2) is 0 Å². The van der Waals surface area contributed by atoms with Gasteiger partial charge in [-0.25, -0.2) is 0 Å². The number of halogens is 3. The molecule has 2 nitrogen and oxygen atoms in total. The fourth-order valence-corrected chi connectivity index (χ4v) is 1.98. The van der Waals surface area contributed by atoms with Gasteiger partial charge in [-0.05, 0) is 51.7 Å². The first-order valence-electron chi connectivity index (χ1n) is 6.09. The second-order valence-electron chi connectivity index (χ2n) is 4.40. The lowest BCUT2D eigenvalue weighted by Crippen LogP contribution is -2.27. The maximum atomic E-state index is 11.8. The molecule has 0 aromatic carbocycles. The lowest BCUT2D eigenvalue weighted by atomic mass is 10.1. The van der Waals surface area contributed by atoms with E-state index in [0.29, 0.717) is 19.0 Å². The van der Waals surface area contributed by atoms with E-state index in [1.807, 2.05) is 0 Å². The molecule has 0 saturated carbocycles. The van der Waals surface area contributed by atoms with Crippen molar-refractivity contribution in [1.29, 1.82) is 0 Å². The number of nitrogens with one attached hydrogen (secondary N) is 2. The van der Waals surface area contributed by atoms with E-state index in [1.54, 1.807) is 0 Å². The van der Waals surface area contributed by atoms with Gasteiger partial charge in [0.05, 0.1) is 0 Å². The van der Waals surface area contributed by atoms with Crippen molar-refractivity contribution in [2.24, 2.45) is 0 Å². The molecular weight excluding hydrogens is 217 g/mol. The van der Waals surface area contributed by atoms with Crippen LogP contribution >= 0.6 is 0 Å². The van der Waals surface area contributed by atoms with Crippen LogP contribution in [0.1, 0.15) is 38.5 Å². The normalized spacial score (nSPS) is 21.6. The minimum absolute atomic E-state index is 0.234. The van der Waals surface area contributed by atoms with E-state index in [4.69, 9.17) is 0 Å².